The maximum absolute atomic E-state index is 12.7. The Bertz CT molecular complexity index is 767. The molecular weight excluding hydrogens is 330 g/mol. The van der Waals surface area contributed by atoms with Gasteiger partial charge in [-0.25, -0.2) is 9.59 Å². The molecule has 1 atom stereocenters. The summed E-state index contributed by atoms with van der Waals surface area (Å²) in [5.41, 5.74) is 2.30. The van der Waals surface area contributed by atoms with Gasteiger partial charge in [-0.15, -0.1) is 0 Å². The Labute approximate surface area is 153 Å². The van der Waals surface area contributed by atoms with Crippen LogP contribution in [0.2, 0.25) is 0 Å². The van der Waals surface area contributed by atoms with Crippen molar-refractivity contribution in [2.24, 2.45) is 7.05 Å². The van der Waals surface area contributed by atoms with E-state index in [0.29, 0.717) is 17.9 Å². The standard InChI is InChI=1S/C20H25N3O3/c1-3-14-26-19(24)15-8-10-16(11-9-15)21-20(25)23-13-5-7-18(23)17-6-4-12-22(17)2/h4,6,8-12,18H,3,5,7,13-14H2,1-2H3,(H,21,25)/t18-/m1/s1. The van der Waals surface area contributed by atoms with Crippen LogP contribution in [0.15, 0.2) is 42.6 Å². The second-order valence-corrected chi connectivity index (χ2v) is 6.54. The van der Waals surface area contributed by atoms with Gasteiger partial charge in [-0.1, -0.05) is 6.92 Å². The van der Waals surface area contributed by atoms with Crippen LogP contribution in [0.25, 0.3) is 0 Å². The number of nitrogens with zero attached hydrogens (tertiary/aromatic N) is 2. The molecule has 2 heterocycles. The highest BCUT2D eigenvalue weighted by Gasteiger charge is 2.31. The number of aryl methyl sites for hydroxylation is 1. The smallest absolute Gasteiger partial charge is 0.338 e. The van der Waals surface area contributed by atoms with Crippen molar-refractivity contribution in [3.63, 3.8) is 0 Å². The lowest BCUT2D eigenvalue weighted by atomic mass is 10.1. The number of nitrogens with one attached hydrogen (secondary N) is 1. The Kier molecular flexibility index (Phi) is 5.61. The Morgan fingerprint density at radius 3 is 2.65 bits per heavy atom. The van der Waals surface area contributed by atoms with Crippen LogP contribution >= 0.6 is 0 Å². The third-order valence-electron chi connectivity index (χ3n) is 4.65. The number of urea groups is 1. The first-order chi connectivity index (χ1) is 12.6. The van der Waals surface area contributed by atoms with Crippen LogP contribution < -0.4 is 5.32 Å². The van der Waals surface area contributed by atoms with E-state index in [-0.39, 0.29) is 18.0 Å². The minimum Gasteiger partial charge on any atom is -0.462 e. The highest BCUT2D eigenvalue weighted by atomic mass is 16.5. The minimum absolute atomic E-state index is 0.0956. The quantitative estimate of drug-likeness (QED) is 0.826. The van der Waals surface area contributed by atoms with Crippen LogP contribution in [0.5, 0.6) is 0 Å². The summed E-state index contributed by atoms with van der Waals surface area (Å²) in [6.45, 7) is 3.10. The lowest BCUT2D eigenvalue weighted by Gasteiger charge is -2.25. The van der Waals surface area contributed by atoms with Gasteiger partial charge in [0.15, 0.2) is 0 Å². The van der Waals surface area contributed by atoms with Gasteiger partial charge in [0.2, 0.25) is 0 Å². The highest BCUT2D eigenvalue weighted by Crippen LogP contribution is 2.32. The topological polar surface area (TPSA) is 63.6 Å². The molecule has 0 radical (unpaired) electrons. The zero-order chi connectivity index (χ0) is 18.5. The van der Waals surface area contributed by atoms with E-state index in [1.807, 2.05) is 31.1 Å². The van der Waals surface area contributed by atoms with Crippen LogP contribution in [-0.2, 0) is 11.8 Å². The first-order valence-corrected chi connectivity index (χ1v) is 9.06. The summed E-state index contributed by atoms with van der Waals surface area (Å²) < 4.78 is 7.17. The molecule has 26 heavy (non-hydrogen) atoms. The first kappa shape index (κ1) is 18.0. The lowest BCUT2D eigenvalue weighted by molar-refractivity contribution is 0.0505. The number of anilines is 1. The first-order valence-electron chi connectivity index (χ1n) is 9.06. The van der Waals surface area contributed by atoms with Crippen molar-refractivity contribution < 1.29 is 14.3 Å². The van der Waals surface area contributed by atoms with Crippen molar-refractivity contribution in [3.8, 4) is 0 Å². The van der Waals surface area contributed by atoms with Gasteiger partial charge in [0, 0.05) is 31.2 Å². The number of hydrogen-bond acceptors (Lipinski definition) is 3. The number of hydrogen-bond donors (Lipinski definition) is 1. The summed E-state index contributed by atoms with van der Waals surface area (Å²) in [7, 11) is 2.00. The van der Waals surface area contributed by atoms with E-state index < -0.39 is 0 Å². The number of carbonyl (C=O) groups excluding carboxylic acids is 2. The number of ether oxygens (including phenoxy) is 1. The maximum Gasteiger partial charge on any atom is 0.338 e. The summed E-state index contributed by atoms with van der Waals surface area (Å²) in [5.74, 6) is -0.340. The second kappa shape index (κ2) is 8.08. The fraction of sp³-hybridized carbons (Fsp3) is 0.400. The Balaban J connectivity index is 1.64. The summed E-state index contributed by atoms with van der Waals surface area (Å²) in [5, 5.41) is 2.93. The van der Waals surface area contributed by atoms with Gasteiger partial charge in [-0.3, -0.25) is 0 Å². The van der Waals surface area contributed by atoms with E-state index in [0.717, 1.165) is 31.5 Å². The van der Waals surface area contributed by atoms with Crippen molar-refractivity contribution in [1.82, 2.24) is 9.47 Å². The van der Waals surface area contributed by atoms with Gasteiger partial charge < -0.3 is 19.5 Å². The molecule has 1 aromatic carbocycles. The molecular formula is C20H25N3O3. The van der Waals surface area contributed by atoms with Crippen molar-refractivity contribution in [2.45, 2.75) is 32.2 Å². The van der Waals surface area contributed by atoms with Gasteiger partial charge in [0.05, 0.1) is 18.2 Å². The average molecular weight is 355 g/mol. The normalized spacial score (nSPS) is 16.5. The molecule has 0 aliphatic carbocycles. The molecule has 6 nitrogen and oxygen atoms in total. The van der Waals surface area contributed by atoms with E-state index in [9.17, 15) is 9.59 Å². The number of carbonyl (C=O) groups is 2. The van der Waals surface area contributed by atoms with E-state index >= 15 is 0 Å². The molecule has 2 amide bonds. The third kappa shape index (κ3) is 3.90. The Hall–Kier alpha value is -2.76. The van der Waals surface area contributed by atoms with Crippen molar-refractivity contribution >= 4 is 17.7 Å². The van der Waals surface area contributed by atoms with Crippen LogP contribution in [0, 0.1) is 0 Å². The summed E-state index contributed by atoms with van der Waals surface area (Å²) >= 11 is 0. The summed E-state index contributed by atoms with van der Waals surface area (Å²) in [6.07, 6.45) is 4.75. The second-order valence-electron chi connectivity index (χ2n) is 6.54. The molecule has 0 bridgehead atoms. The van der Waals surface area contributed by atoms with Gasteiger partial charge in [0.25, 0.3) is 0 Å². The molecule has 0 spiro atoms. The lowest BCUT2D eigenvalue weighted by Crippen LogP contribution is -2.35. The van der Waals surface area contributed by atoms with Gasteiger partial charge in [-0.05, 0) is 55.7 Å². The molecule has 1 aliphatic heterocycles. The number of amides is 2. The fourth-order valence-electron chi connectivity index (χ4n) is 3.30. The van der Waals surface area contributed by atoms with E-state index in [1.165, 1.54) is 0 Å². The molecule has 0 unspecified atom stereocenters. The van der Waals surface area contributed by atoms with E-state index in [4.69, 9.17) is 4.74 Å². The molecule has 3 rings (SSSR count). The van der Waals surface area contributed by atoms with Crippen LogP contribution in [0.3, 0.4) is 0 Å². The third-order valence-corrected chi connectivity index (χ3v) is 4.65. The predicted molar refractivity (Wildman–Crippen MR) is 100 cm³/mol. The minimum atomic E-state index is -0.340. The van der Waals surface area contributed by atoms with Crippen LogP contribution in [0.4, 0.5) is 10.5 Å². The fourth-order valence-corrected chi connectivity index (χ4v) is 3.30. The Morgan fingerprint density at radius 2 is 2.00 bits per heavy atom. The molecule has 1 aromatic heterocycles. The SMILES string of the molecule is CCCOC(=O)c1ccc(NC(=O)N2CCC[C@@H]2c2cccn2C)cc1. The number of benzene rings is 1. The molecule has 138 valence electrons. The number of likely N-dealkylation sites (tertiary alicyclic amines) is 1. The van der Waals surface area contributed by atoms with Crippen LogP contribution in [-0.4, -0.2) is 34.6 Å². The predicted octanol–water partition coefficient (Wildman–Crippen LogP) is 3.96. The van der Waals surface area contributed by atoms with Crippen LogP contribution in [0.1, 0.15) is 48.3 Å². The Morgan fingerprint density at radius 1 is 1.23 bits per heavy atom. The summed E-state index contributed by atoms with van der Waals surface area (Å²) in [4.78, 5) is 26.4. The van der Waals surface area contributed by atoms with E-state index in [2.05, 4.69) is 16.0 Å². The van der Waals surface area contributed by atoms with Gasteiger partial charge in [0.1, 0.15) is 0 Å². The molecule has 0 saturated carbocycles. The average Bonchev–Trinajstić information content (AvgIpc) is 3.28. The van der Waals surface area contributed by atoms with Gasteiger partial charge >= 0.3 is 12.0 Å². The van der Waals surface area contributed by atoms with Crippen molar-refractivity contribution in [2.75, 3.05) is 18.5 Å². The largest absolute Gasteiger partial charge is 0.462 e. The molecule has 6 heteroatoms. The molecule has 1 saturated heterocycles. The van der Waals surface area contributed by atoms with Crippen molar-refractivity contribution in [1.29, 1.82) is 0 Å². The monoisotopic (exact) mass is 355 g/mol. The van der Waals surface area contributed by atoms with Crippen molar-refractivity contribution in [3.05, 3.63) is 53.9 Å². The highest BCUT2D eigenvalue weighted by molar-refractivity contribution is 5.92. The molecule has 2 aromatic rings. The van der Waals surface area contributed by atoms with Gasteiger partial charge in [-0.2, -0.15) is 0 Å². The number of esters is 1. The number of rotatable bonds is 5. The summed E-state index contributed by atoms with van der Waals surface area (Å²) in [6, 6.07) is 10.8. The zero-order valence-electron chi connectivity index (χ0n) is 15.3. The number of aromatic nitrogens is 1. The molecule has 1 aliphatic rings. The molecule has 1 N–H and O–H groups in total. The maximum atomic E-state index is 12.7. The zero-order valence-corrected chi connectivity index (χ0v) is 15.3. The molecule has 1 fully saturated rings. The van der Waals surface area contributed by atoms with E-state index in [1.54, 1.807) is 24.3 Å².